The standard InChI is InChI=1S/C26H28N2O5S.C23H20F3NO4S/c1-19(29)27-22-15-17-23(18-16-22)34(32,33)28-25-14-8-6-12-21(25)11-4-2-3-9-20-10-5-7-13-24(20)26(30)31;24-23(25,26)19-12-14-20(15-13-19)32(30,31)27-21-7-2-1-5-17(21)6-3-4-16-8-10-18(11-9-16)22(28)29/h5-8,10,12-18,28H,2-4,9,11H2,1H3,(H,27,29)(H,30,31);1-2,5,7-15,27H,3-4,6H2,(H,28,29). The van der Waals surface area contributed by atoms with E-state index in [4.69, 9.17) is 5.11 Å². The van der Waals surface area contributed by atoms with Gasteiger partial charge in [0.15, 0.2) is 0 Å². The molecule has 0 saturated carbocycles. The lowest BCUT2D eigenvalue weighted by atomic mass is 9.99. The van der Waals surface area contributed by atoms with Crippen molar-refractivity contribution in [1.29, 1.82) is 0 Å². The van der Waals surface area contributed by atoms with Crippen LogP contribution >= 0.6 is 0 Å². The highest BCUT2D eigenvalue weighted by Crippen LogP contribution is 2.31. The highest BCUT2D eigenvalue weighted by molar-refractivity contribution is 7.93. The van der Waals surface area contributed by atoms with E-state index in [1.165, 1.54) is 31.2 Å². The molecule has 0 bridgehead atoms. The molecule has 0 aromatic heterocycles. The van der Waals surface area contributed by atoms with E-state index in [0.717, 1.165) is 65.8 Å². The zero-order chi connectivity index (χ0) is 47.9. The van der Waals surface area contributed by atoms with Gasteiger partial charge in [0.25, 0.3) is 20.0 Å². The van der Waals surface area contributed by atoms with E-state index in [0.29, 0.717) is 54.7 Å². The van der Waals surface area contributed by atoms with Crippen molar-refractivity contribution in [2.75, 3.05) is 14.8 Å². The summed E-state index contributed by atoms with van der Waals surface area (Å²) in [7, 11) is -7.84. The maximum absolute atomic E-state index is 12.9. The van der Waals surface area contributed by atoms with Gasteiger partial charge >= 0.3 is 18.1 Å². The van der Waals surface area contributed by atoms with Crippen molar-refractivity contribution in [3.8, 4) is 0 Å². The number of halogens is 3. The van der Waals surface area contributed by atoms with E-state index in [-0.39, 0.29) is 21.3 Å². The lowest BCUT2D eigenvalue weighted by Crippen LogP contribution is -2.15. The number of carbonyl (C=O) groups excluding carboxylic acids is 1. The van der Waals surface area contributed by atoms with Crippen molar-refractivity contribution < 1.29 is 54.6 Å². The Bertz CT molecular complexity index is 2840. The second-order valence-electron chi connectivity index (χ2n) is 15.1. The number of hydrogen-bond acceptors (Lipinski definition) is 7. The first kappa shape index (κ1) is 50.0. The van der Waals surface area contributed by atoms with Crippen LogP contribution in [0.25, 0.3) is 0 Å². The number of nitrogens with one attached hydrogen (secondary N) is 3. The molecule has 0 fully saturated rings. The molecule has 0 unspecified atom stereocenters. The summed E-state index contributed by atoms with van der Waals surface area (Å²) in [6.07, 6.45) is 1.32. The molecule has 6 rings (SSSR count). The molecule has 0 aliphatic rings. The van der Waals surface area contributed by atoms with Crippen LogP contribution in [-0.2, 0) is 56.7 Å². The molecule has 0 radical (unpaired) electrons. The number of carboxylic acid groups (broad SMARTS) is 2. The van der Waals surface area contributed by atoms with Gasteiger partial charge in [0.1, 0.15) is 0 Å². The number of anilines is 3. The summed E-state index contributed by atoms with van der Waals surface area (Å²) in [5, 5.41) is 20.9. The molecule has 12 nitrogen and oxygen atoms in total. The number of carbonyl (C=O) groups is 3. The molecule has 0 aliphatic heterocycles. The normalized spacial score (nSPS) is 11.5. The Morgan fingerprint density at radius 3 is 1.45 bits per heavy atom. The van der Waals surface area contributed by atoms with Gasteiger partial charge < -0.3 is 15.5 Å². The average Bonchev–Trinajstić information content (AvgIpc) is 3.27. The van der Waals surface area contributed by atoms with Crippen molar-refractivity contribution in [2.24, 2.45) is 0 Å². The molecule has 5 N–H and O–H groups in total. The van der Waals surface area contributed by atoms with Gasteiger partial charge in [-0.1, -0.05) is 73.2 Å². The zero-order valence-electron chi connectivity index (χ0n) is 35.7. The number of aryl methyl sites for hydroxylation is 4. The average molecular weight is 944 g/mol. The first-order valence-corrected chi connectivity index (χ1v) is 23.7. The second kappa shape index (κ2) is 22.8. The number of alkyl halides is 3. The number of para-hydroxylation sites is 2. The number of rotatable bonds is 19. The molecule has 6 aromatic carbocycles. The number of carboxylic acids is 2. The van der Waals surface area contributed by atoms with Crippen LogP contribution in [0.15, 0.2) is 155 Å². The monoisotopic (exact) mass is 943 g/mol. The molecule has 6 aromatic rings. The molecule has 346 valence electrons. The van der Waals surface area contributed by atoms with Crippen LogP contribution in [0.2, 0.25) is 0 Å². The van der Waals surface area contributed by atoms with Gasteiger partial charge in [0.05, 0.1) is 37.9 Å². The zero-order valence-corrected chi connectivity index (χ0v) is 37.3. The van der Waals surface area contributed by atoms with E-state index in [2.05, 4.69) is 14.8 Å². The summed E-state index contributed by atoms with van der Waals surface area (Å²) >= 11 is 0. The fourth-order valence-electron chi connectivity index (χ4n) is 6.88. The van der Waals surface area contributed by atoms with Gasteiger partial charge in [0, 0.05) is 12.6 Å². The molecule has 17 heteroatoms. The first-order valence-electron chi connectivity index (χ1n) is 20.7. The van der Waals surface area contributed by atoms with E-state index < -0.39 is 43.7 Å². The predicted molar refractivity (Wildman–Crippen MR) is 247 cm³/mol. The third-order valence-corrected chi connectivity index (χ3v) is 13.0. The molecule has 0 aliphatic carbocycles. The SMILES string of the molecule is CC(=O)Nc1ccc(S(=O)(=O)Nc2ccccc2CCCCCc2ccccc2C(=O)O)cc1.O=C(O)c1ccc(CCCc2ccccc2NS(=O)(=O)c2ccc(C(F)(F)F)cc2)cc1. The summed E-state index contributed by atoms with van der Waals surface area (Å²) < 4.78 is 94.3. The number of aromatic carboxylic acids is 2. The van der Waals surface area contributed by atoms with Crippen molar-refractivity contribution >= 4 is 55.0 Å². The topological polar surface area (TPSA) is 196 Å². The minimum absolute atomic E-state index is 0.105. The lowest BCUT2D eigenvalue weighted by Gasteiger charge is -2.13. The number of benzene rings is 6. The third-order valence-electron chi connectivity index (χ3n) is 10.3. The molecule has 1 amide bonds. The van der Waals surface area contributed by atoms with Gasteiger partial charge in [0.2, 0.25) is 5.91 Å². The summed E-state index contributed by atoms with van der Waals surface area (Å²) in [5.74, 6) is -2.14. The van der Waals surface area contributed by atoms with Crippen molar-refractivity contribution in [3.05, 3.63) is 185 Å². The third kappa shape index (κ3) is 14.8. The summed E-state index contributed by atoms with van der Waals surface area (Å²) in [6.45, 7) is 1.39. The Morgan fingerprint density at radius 2 is 0.970 bits per heavy atom. The number of unbranched alkanes of at least 4 members (excludes halogenated alkanes) is 2. The van der Waals surface area contributed by atoms with Crippen LogP contribution in [0.1, 0.15) is 81.1 Å². The Labute approximate surface area is 381 Å². The number of hydrogen-bond donors (Lipinski definition) is 5. The van der Waals surface area contributed by atoms with Gasteiger partial charge in [-0.15, -0.1) is 0 Å². The summed E-state index contributed by atoms with van der Waals surface area (Å²) in [5.41, 5.74) is 4.45. The molecule has 0 atom stereocenters. The van der Waals surface area contributed by atoms with Crippen molar-refractivity contribution in [2.45, 2.75) is 74.3 Å². The van der Waals surface area contributed by atoms with Gasteiger partial charge in [-0.05, 0) is 146 Å². The Hall–Kier alpha value is -6.98. The maximum atomic E-state index is 12.9. The van der Waals surface area contributed by atoms with Crippen LogP contribution in [0, 0.1) is 0 Å². The number of sulfonamides is 2. The minimum Gasteiger partial charge on any atom is -0.478 e. The molecule has 0 saturated heterocycles. The molecule has 66 heavy (non-hydrogen) atoms. The lowest BCUT2D eigenvalue weighted by molar-refractivity contribution is -0.137. The van der Waals surface area contributed by atoms with E-state index in [9.17, 15) is 49.5 Å². The van der Waals surface area contributed by atoms with Crippen molar-refractivity contribution in [1.82, 2.24) is 0 Å². The molecular formula is C49H48F3N3O9S2. The van der Waals surface area contributed by atoms with E-state index >= 15 is 0 Å². The summed E-state index contributed by atoms with van der Waals surface area (Å²) in [6, 6.07) is 37.0. The van der Waals surface area contributed by atoms with Crippen LogP contribution in [0.3, 0.4) is 0 Å². The predicted octanol–water partition coefficient (Wildman–Crippen LogP) is 10.5. The summed E-state index contributed by atoms with van der Waals surface area (Å²) in [4.78, 5) is 33.2. The van der Waals surface area contributed by atoms with E-state index in [1.807, 2.05) is 24.3 Å². The van der Waals surface area contributed by atoms with Crippen molar-refractivity contribution in [3.63, 3.8) is 0 Å². The van der Waals surface area contributed by atoms with Crippen LogP contribution in [0.4, 0.5) is 30.2 Å². The fourth-order valence-corrected chi connectivity index (χ4v) is 9.08. The number of amides is 1. The van der Waals surface area contributed by atoms with Crippen LogP contribution in [-0.4, -0.2) is 44.9 Å². The largest absolute Gasteiger partial charge is 0.478 e. The Morgan fingerprint density at radius 1 is 0.515 bits per heavy atom. The molecule has 0 heterocycles. The quantitative estimate of drug-likeness (QED) is 0.0491. The van der Waals surface area contributed by atoms with E-state index in [1.54, 1.807) is 72.8 Å². The van der Waals surface area contributed by atoms with Crippen LogP contribution in [0.5, 0.6) is 0 Å². The van der Waals surface area contributed by atoms with Gasteiger partial charge in [-0.25, -0.2) is 26.4 Å². The van der Waals surface area contributed by atoms with Crippen LogP contribution < -0.4 is 14.8 Å². The Kier molecular flexibility index (Phi) is 17.3. The van der Waals surface area contributed by atoms with Gasteiger partial charge in [-0.2, -0.15) is 13.2 Å². The molecular weight excluding hydrogens is 896 g/mol. The smallest absolute Gasteiger partial charge is 0.416 e. The second-order valence-corrected chi connectivity index (χ2v) is 18.5. The van der Waals surface area contributed by atoms with Gasteiger partial charge in [-0.3, -0.25) is 14.2 Å². The highest BCUT2D eigenvalue weighted by Gasteiger charge is 2.31. The minimum atomic E-state index is -4.55. The maximum Gasteiger partial charge on any atom is 0.416 e. The fraction of sp³-hybridized carbons (Fsp3) is 0.204. The Balaban J connectivity index is 0.000000248. The first-order chi connectivity index (χ1) is 31.3. The highest BCUT2D eigenvalue weighted by atomic mass is 32.2. The molecule has 0 spiro atoms.